The average molecular weight is 365 g/mol. The fourth-order valence-corrected chi connectivity index (χ4v) is 3.72. The Kier molecular flexibility index (Phi) is 5.49. The van der Waals surface area contributed by atoms with Gasteiger partial charge in [0.05, 0.1) is 11.0 Å². The van der Waals surface area contributed by atoms with Crippen LogP contribution in [0.2, 0.25) is 0 Å². The molecule has 142 valence electrons. The van der Waals surface area contributed by atoms with Crippen LogP contribution in [0.4, 0.5) is 5.69 Å². The van der Waals surface area contributed by atoms with Crippen molar-refractivity contribution in [2.75, 3.05) is 5.32 Å². The first kappa shape index (κ1) is 19.0. The van der Waals surface area contributed by atoms with Gasteiger partial charge in [-0.15, -0.1) is 0 Å². The molecule has 1 amide bonds. The Morgan fingerprint density at radius 1 is 0.963 bits per heavy atom. The second-order valence-corrected chi connectivity index (χ2v) is 7.15. The van der Waals surface area contributed by atoms with Crippen molar-refractivity contribution in [2.24, 2.45) is 0 Å². The molecule has 27 heavy (non-hydrogen) atoms. The van der Waals surface area contributed by atoms with Crippen molar-refractivity contribution < 1.29 is 4.79 Å². The van der Waals surface area contributed by atoms with E-state index < -0.39 is 0 Å². The van der Waals surface area contributed by atoms with Gasteiger partial charge >= 0.3 is 5.69 Å². The highest BCUT2D eigenvalue weighted by Gasteiger charge is 2.14. The molecule has 0 saturated heterocycles. The number of amides is 1. The largest absolute Gasteiger partial charge is 0.329 e. The van der Waals surface area contributed by atoms with E-state index in [-0.39, 0.29) is 18.0 Å². The van der Waals surface area contributed by atoms with Gasteiger partial charge in [-0.1, -0.05) is 36.8 Å². The molecule has 0 atom stereocenters. The van der Waals surface area contributed by atoms with E-state index in [9.17, 15) is 9.59 Å². The third-order valence-electron chi connectivity index (χ3n) is 4.88. The number of carbonyl (C=O) groups excluding carboxylic acids is 1. The summed E-state index contributed by atoms with van der Waals surface area (Å²) in [7, 11) is 0. The normalized spacial score (nSPS) is 11.1. The number of benzene rings is 2. The van der Waals surface area contributed by atoms with Gasteiger partial charge in [0.2, 0.25) is 5.91 Å². The predicted octanol–water partition coefficient (Wildman–Crippen LogP) is 4.17. The van der Waals surface area contributed by atoms with Gasteiger partial charge in [0.1, 0.15) is 0 Å². The first-order valence-electron chi connectivity index (χ1n) is 9.48. The van der Waals surface area contributed by atoms with E-state index in [1.165, 1.54) is 5.56 Å². The molecule has 0 unspecified atom stereocenters. The minimum atomic E-state index is -0.0794. The fourth-order valence-electron chi connectivity index (χ4n) is 3.72. The number of hydrogen-bond acceptors (Lipinski definition) is 2. The summed E-state index contributed by atoms with van der Waals surface area (Å²) in [5.41, 5.74) is 5.91. The molecule has 0 bridgehead atoms. The molecular weight excluding hydrogens is 338 g/mol. The summed E-state index contributed by atoms with van der Waals surface area (Å²) < 4.78 is 3.50. The molecule has 5 heteroatoms. The molecule has 3 aromatic rings. The summed E-state index contributed by atoms with van der Waals surface area (Å²) >= 11 is 0. The second-order valence-electron chi connectivity index (χ2n) is 7.15. The first-order valence-corrected chi connectivity index (χ1v) is 9.48. The maximum atomic E-state index is 12.8. The zero-order valence-corrected chi connectivity index (χ0v) is 16.5. The van der Waals surface area contributed by atoms with E-state index in [4.69, 9.17) is 0 Å². The lowest BCUT2D eigenvalue weighted by molar-refractivity contribution is -0.116. The van der Waals surface area contributed by atoms with Crippen molar-refractivity contribution in [1.82, 2.24) is 9.13 Å². The SMILES string of the molecule is CCCn1c(=O)n(CCC(=O)Nc2c(C)cc(C)cc2C)c2ccccc21. The van der Waals surface area contributed by atoms with Crippen LogP contribution < -0.4 is 11.0 Å². The van der Waals surface area contributed by atoms with Gasteiger partial charge in [-0.2, -0.15) is 0 Å². The van der Waals surface area contributed by atoms with Gasteiger partial charge in [-0.05, 0) is 50.5 Å². The number of para-hydroxylation sites is 2. The second kappa shape index (κ2) is 7.82. The quantitative estimate of drug-likeness (QED) is 0.713. The lowest BCUT2D eigenvalue weighted by atomic mass is 10.1. The summed E-state index contributed by atoms with van der Waals surface area (Å²) in [4.78, 5) is 25.3. The molecule has 0 saturated carbocycles. The number of aromatic nitrogens is 2. The molecule has 5 nitrogen and oxygen atoms in total. The Labute approximate surface area is 159 Å². The Morgan fingerprint density at radius 2 is 1.52 bits per heavy atom. The fraction of sp³-hybridized carbons (Fsp3) is 0.364. The topological polar surface area (TPSA) is 56.0 Å². The van der Waals surface area contributed by atoms with Gasteiger partial charge in [0, 0.05) is 25.2 Å². The molecule has 2 aromatic carbocycles. The van der Waals surface area contributed by atoms with Crippen LogP contribution in [0.3, 0.4) is 0 Å². The summed E-state index contributed by atoms with van der Waals surface area (Å²) in [6.07, 6.45) is 1.15. The summed E-state index contributed by atoms with van der Waals surface area (Å²) in [5.74, 6) is -0.0794. The zero-order valence-electron chi connectivity index (χ0n) is 16.5. The Hall–Kier alpha value is -2.82. The minimum Gasteiger partial charge on any atom is -0.326 e. The van der Waals surface area contributed by atoms with Gasteiger partial charge in [-0.25, -0.2) is 4.79 Å². The van der Waals surface area contributed by atoms with E-state index in [1.54, 1.807) is 9.13 Å². The van der Waals surface area contributed by atoms with Gasteiger partial charge in [0.25, 0.3) is 0 Å². The summed E-state index contributed by atoms with van der Waals surface area (Å²) in [6.45, 7) is 9.14. The predicted molar refractivity (Wildman–Crippen MR) is 110 cm³/mol. The van der Waals surface area contributed by atoms with Crippen molar-refractivity contribution >= 4 is 22.6 Å². The standard InChI is InChI=1S/C22H27N3O2/c1-5-11-24-18-8-6-7-9-19(18)25(22(24)27)12-10-20(26)23-21-16(3)13-15(2)14-17(21)4/h6-9,13-14H,5,10-12H2,1-4H3,(H,23,26). The van der Waals surface area contributed by atoms with Crippen molar-refractivity contribution in [1.29, 1.82) is 0 Å². The van der Waals surface area contributed by atoms with Crippen LogP contribution in [0.5, 0.6) is 0 Å². The molecule has 0 aliphatic rings. The Bertz CT molecular complexity index is 1020. The maximum Gasteiger partial charge on any atom is 0.329 e. The highest BCUT2D eigenvalue weighted by molar-refractivity contribution is 5.92. The van der Waals surface area contributed by atoms with Crippen molar-refractivity contribution in [3.63, 3.8) is 0 Å². The van der Waals surface area contributed by atoms with Gasteiger partial charge in [-0.3, -0.25) is 13.9 Å². The van der Waals surface area contributed by atoms with Crippen LogP contribution in [-0.2, 0) is 17.9 Å². The highest BCUT2D eigenvalue weighted by Crippen LogP contribution is 2.22. The number of hydrogen-bond donors (Lipinski definition) is 1. The summed E-state index contributed by atoms with van der Waals surface area (Å²) in [5, 5.41) is 3.01. The van der Waals surface area contributed by atoms with Crippen LogP contribution in [-0.4, -0.2) is 15.0 Å². The molecule has 0 aliphatic heterocycles. The average Bonchev–Trinajstić information content (AvgIpc) is 2.88. The van der Waals surface area contributed by atoms with Crippen LogP contribution in [0.15, 0.2) is 41.2 Å². The number of rotatable bonds is 6. The number of carbonyl (C=O) groups is 1. The number of imidazole rings is 1. The molecule has 1 heterocycles. The molecular formula is C22H27N3O2. The Morgan fingerprint density at radius 3 is 2.07 bits per heavy atom. The van der Waals surface area contributed by atoms with E-state index >= 15 is 0 Å². The third-order valence-corrected chi connectivity index (χ3v) is 4.88. The highest BCUT2D eigenvalue weighted by atomic mass is 16.2. The number of nitrogens with one attached hydrogen (secondary N) is 1. The molecule has 0 fully saturated rings. The van der Waals surface area contributed by atoms with Gasteiger partial charge < -0.3 is 5.32 Å². The molecule has 3 rings (SSSR count). The number of nitrogens with zero attached hydrogens (tertiary/aromatic N) is 2. The molecule has 0 spiro atoms. The molecule has 0 radical (unpaired) electrons. The minimum absolute atomic E-state index is 0.0476. The lowest BCUT2D eigenvalue weighted by Crippen LogP contribution is -2.26. The van der Waals surface area contributed by atoms with E-state index in [1.807, 2.05) is 45.0 Å². The van der Waals surface area contributed by atoms with Crippen molar-refractivity contribution in [3.8, 4) is 0 Å². The van der Waals surface area contributed by atoms with Gasteiger partial charge in [0.15, 0.2) is 0 Å². The number of aryl methyl sites for hydroxylation is 5. The molecule has 0 aliphatic carbocycles. The third kappa shape index (κ3) is 3.82. The van der Waals surface area contributed by atoms with Crippen molar-refractivity contribution in [2.45, 2.75) is 53.6 Å². The van der Waals surface area contributed by atoms with Crippen LogP contribution >= 0.6 is 0 Å². The zero-order chi connectivity index (χ0) is 19.6. The summed E-state index contributed by atoms with van der Waals surface area (Å²) in [6, 6.07) is 11.9. The van der Waals surface area contributed by atoms with Crippen LogP contribution in [0.25, 0.3) is 11.0 Å². The van der Waals surface area contributed by atoms with E-state index in [2.05, 4.69) is 24.4 Å². The monoisotopic (exact) mass is 365 g/mol. The van der Waals surface area contributed by atoms with E-state index in [0.717, 1.165) is 34.3 Å². The smallest absolute Gasteiger partial charge is 0.326 e. The number of anilines is 1. The lowest BCUT2D eigenvalue weighted by Gasteiger charge is -2.13. The Balaban J connectivity index is 1.80. The number of fused-ring (bicyclic) bond motifs is 1. The van der Waals surface area contributed by atoms with Crippen LogP contribution in [0, 0.1) is 20.8 Å². The van der Waals surface area contributed by atoms with Crippen LogP contribution in [0.1, 0.15) is 36.5 Å². The first-order chi connectivity index (χ1) is 12.9. The molecule has 1 aromatic heterocycles. The van der Waals surface area contributed by atoms with Crippen molar-refractivity contribution in [3.05, 3.63) is 63.6 Å². The maximum absolute atomic E-state index is 12.8. The molecule has 1 N–H and O–H groups in total. The van der Waals surface area contributed by atoms with E-state index in [0.29, 0.717) is 13.1 Å².